The Balaban J connectivity index is 2.07. The maximum Gasteiger partial charge on any atom is 0.401 e. The minimum absolute atomic E-state index is 0.0959. The standard InChI is InChI=1S/C20H21BrF3NO3/c1-25(13-20(22,23)24)11-14-7-15(9-17(21)8-14)12-28-18-6-4-3-5-16(18)10-19(26)27-2/h3-9H,10-13H2,1-2H3. The number of carbonyl (C=O) groups excluding carboxylic acids is 1. The molecule has 0 heterocycles. The Labute approximate surface area is 170 Å². The molecular weight excluding hydrogens is 439 g/mol. The molecule has 0 aromatic heterocycles. The fourth-order valence-electron chi connectivity index (χ4n) is 2.75. The molecule has 0 fully saturated rings. The van der Waals surface area contributed by atoms with Gasteiger partial charge in [0.1, 0.15) is 12.4 Å². The van der Waals surface area contributed by atoms with Gasteiger partial charge in [-0.3, -0.25) is 9.69 Å². The summed E-state index contributed by atoms with van der Waals surface area (Å²) in [6.45, 7) is -0.606. The summed E-state index contributed by atoms with van der Waals surface area (Å²) >= 11 is 3.39. The highest BCUT2D eigenvalue weighted by atomic mass is 79.9. The Morgan fingerprint density at radius 1 is 1.14 bits per heavy atom. The summed E-state index contributed by atoms with van der Waals surface area (Å²) in [5.41, 5.74) is 2.25. The lowest BCUT2D eigenvalue weighted by atomic mass is 10.1. The second-order valence-corrected chi connectivity index (χ2v) is 7.32. The van der Waals surface area contributed by atoms with Crippen molar-refractivity contribution in [1.29, 1.82) is 0 Å². The van der Waals surface area contributed by atoms with Gasteiger partial charge in [0, 0.05) is 16.6 Å². The number of esters is 1. The first-order valence-corrected chi connectivity index (χ1v) is 9.27. The van der Waals surface area contributed by atoms with Gasteiger partial charge in [0.25, 0.3) is 0 Å². The van der Waals surface area contributed by atoms with Crippen LogP contribution in [0.15, 0.2) is 46.9 Å². The molecule has 0 saturated heterocycles. The average Bonchev–Trinajstić information content (AvgIpc) is 2.58. The Kier molecular flexibility index (Phi) is 7.88. The number of carbonyl (C=O) groups is 1. The van der Waals surface area contributed by atoms with E-state index in [1.54, 1.807) is 36.4 Å². The van der Waals surface area contributed by atoms with E-state index in [1.807, 2.05) is 6.07 Å². The average molecular weight is 460 g/mol. The zero-order valence-electron chi connectivity index (χ0n) is 15.6. The summed E-state index contributed by atoms with van der Waals surface area (Å²) in [6, 6.07) is 12.6. The van der Waals surface area contributed by atoms with E-state index in [9.17, 15) is 18.0 Å². The monoisotopic (exact) mass is 459 g/mol. The summed E-state index contributed by atoms with van der Waals surface area (Å²) in [5.74, 6) is 0.192. The van der Waals surface area contributed by atoms with E-state index in [0.29, 0.717) is 11.3 Å². The van der Waals surface area contributed by atoms with E-state index >= 15 is 0 Å². The number of hydrogen-bond acceptors (Lipinski definition) is 4. The van der Waals surface area contributed by atoms with Gasteiger partial charge in [0.2, 0.25) is 0 Å². The third-order valence-corrected chi connectivity index (χ3v) is 4.31. The molecule has 28 heavy (non-hydrogen) atoms. The van der Waals surface area contributed by atoms with Crippen LogP contribution in [0.25, 0.3) is 0 Å². The molecule has 4 nitrogen and oxygen atoms in total. The molecule has 0 unspecified atom stereocenters. The van der Waals surface area contributed by atoms with Crippen LogP contribution >= 0.6 is 15.9 Å². The Morgan fingerprint density at radius 3 is 2.50 bits per heavy atom. The van der Waals surface area contributed by atoms with Crippen molar-refractivity contribution < 1.29 is 27.4 Å². The van der Waals surface area contributed by atoms with Gasteiger partial charge in [0.05, 0.1) is 20.1 Å². The van der Waals surface area contributed by atoms with Gasteiger partial charge in [-0.1, -0.05) is 40.2 Å². The van der Waals surface area contributed by atoms with Gasteiger partial charge in [-0.2, -0.15) is 13.2 Å². The van der Waals surface area contributed by atoms with Crippen LogP contribution in [-0.4, -0.2) is 37.7 Å². The van der Waals surface area contributed by atoms with E-state index in [-0.39, 0.29) is 25.5 Å². The largest absolute Gasteiger partial charge is 0.489 e. The zero-order valence-corrected chi connectivity index (χ0v) is 17.1. The second kappa shape index (κ2) is 9.93. The van der Waals surface area contributed by atoms with Gasteiger partial charge in [-0.25, -0.2) is 0 Å². The van der Waals surface area contributed by atoms with Crippen molar-refractivity contribution in [3.05, 3.63) is 63.6 Å². The maximum atomic E-state index is 12.5. The molecule has 0 amide bonds. The lowest BCUT2D eigenvalue weighted by Crippen LogP contribution is -2.30. The highest BCUT2D eigenvalue weighted by Crippen LogP contribution is 2.23. The number of rotatable bonds is 8. The summed E-state index contributed by atoms with van der Waals surface area (Å²) in [5, 5.41) is 0. The molecule has 8 heteroatoms. The van der Waals surface area contributed by atoms with Gasteiger partial charge in [-0.05, 0) is 36.4 Å². The van der Waals surface area contributed by atoms with Crippen LogP contribution in [0, 0.1) is 0 Å². The van der Waals surface area contributed by atoms with Crippen molar-refractivity contribution in [2.24, 2.45) is 0 Å². The highest BCUT2D eigenvalue weighted by Gasteiger charge is 2.29. The summed E-state index contributed by atoms with van der Waals surface area (Å²) in [7, 11) is 2.75. The van der Waals surface area contributed by atoms with Crippen LogP contribution < -0.4 is 4.74 Å². The first-order valence-electron chi connectivity index (χ1n) is 8.47. The third-order valence-electron chi connectivity index (χ3n) is 3.85. The van der Waals surface area contributed by atoms with E-state index < -0.39 is 12.7 Å². The number of alkyl halides is 3. The summed E-state index contributed by atoms with van der Waals surface area (Å²) in [4.78, 5) is 12.7. The molecular formula is C20H21BrF3NO3. The van der Waals surface area contributed by atoms with Crippen molar-refractivity contribution in [2.75, 3.05) is 20.7 Å². The molecule has 152 valence electrons. The Hall–Kier alpha value is -2.06. The van der Waals surface area contributed by atoms with E-state index in [2.05, 4.69) is 20.7 Å². The molecule has 0 bridgehead atoms. The van der Waals surface area contributed by atoms with Crippen molar-refractivity contribution >= 4 is 21.9 Å². The maximum absolute atomic E-state index is 12.5. The molecule has 0 spiro atoms. The lowest BCUT2D eigenvalue weighted by molar-refractivity contribution is -0.144. The second-order valence-electron chi connectivity index (χ2n) is 6.40. The number of benzene rings is 2. The smallest absolute Gasteiger partial charge is 0.401 e. The van der Waals surface area contributed by atoms with Crippen molar-refractivity contribution in [3.63, 3.8) is 0 Å². The molecule has 0 saturated carbocycles. The first-order chi connectivity index (χ1) is 13.2. The van der Waals surface area contributed by atoms with Crippen LogP contribution in [-0.2, 0) is 29.1 Å². The summed E-state index contributed by atoms with van der Waals surface area (Å²) in [6.07, 6.45) is -4.14. The topological polar surface area (TPSA) is 38.8 Å². The highest BCUT2D eigenvalue weighted by molar-refractivity contribution is 9.10. The fraction of sp³-hybridized carbons (Fsp3) is 0.350. The number of halogens is 4. The Morgan fingerprint density at radius 2 is 1.82 bits per heavy atom. The molecule has 2 aromatic rings. The first kappa shape index (κ1) is 22.2. The molecule has 0 N–H and O–H groups in total. The molecule has 2 rings (SSSR count). The quantitative estimate of drug-likeness (QED) is 0.534. The molecule has 0 aliphatic heterocycles. The van der Waals surface area contributed by atoms with Crippen LogP contribution in [0.1, 0.15) is 16.7 Å². The van der Waals surface area contributed by atoms with Crippen LogP contribution in [0.3, 0.4) is 0 Å². The minimum Gasteiger partial charge on any atom is -0.489 e. The van der Waals surface area contributed by atoms with Crippen molar-refractivity contribution in [3.8, 4) is 5.75 Å². The molecule has 0 aliphatic carbocycles. The lowest BCUT2D eigenvalue weighted by Gasteiger charge is -2.19. The number of ether oxygens (including phenoxy) is 2. The van der Waals surface area contributed by atoms with E-state index in [4.69, 9.17) is 4.74 Å². The minimum atomic E-state index is -4.24. The molecule has 0 aliphatic rings. The van der Waals surface area contributed by atoms with Crippen LogP contribution in [0.2, 0.25) is 0 Å². The van der Waals surface area contributed by atoms with Crippen LogP contribution in [0.4, 0.5) is 13.2 Å². The number of hydrogen-bond donors (Lipinski definition) is 0. The molecule has 2 aromatic carbocycles. The predicted molar refractivity (Wildman–Crippen MR) is 103 cm³/mol. The zero-order chi connectivity index (χ0) is 20.7. The number of para-hydroxylation sites is 1. The van der Waals surface area contributed by atoms with Crippen LogP contribution in [0.5, 0.6) is 5.75 Å². The molecule has 0 atom stereocenters. The van der Waals surface area contributed by atoms with E-state index in [0.717, 1.165) is 15.6 Å². The van der Waals surface area contributed by atoms with Gasteiger partial charge in [0.15, 0.2) is 0 Å². The summed E-state index contributed by atoms with van der Waals surface area (Å²) < 4.78 is 48.9. The van der Waals surface area contributed by atoms with Gasteiger partial charge >= 0.3 is 12.1 Å². The number of methoxy groups -OCH3 is 1. The van der Waals surface area contributed by atoms with Gasteiger partial charge < -0.3 is 9.47 Å². The normalized spacial score (nSPS) is 11.5. The fourth-order valence-corrected chi connectivity index (χ4v) is 3.33. The Bertz CT molecular complexity index is 812. The van der Waals surface area contributed by atoms with Crippen molar-refractivity contribution in [2.45, 2.75) is 25.7 Å². The SMILES string of the molecule is COC(=O)Cc1ccccc1OCc1cc(Br)cc(CN(C)CC(F)(F)F)c1. The van der Waals surface area contributed by atoms with Crippen molar-refractivity contribution in [1.82, 2.24) is 4.90 Å². The predicted octanol–water partition coefficient (Wildman–Crippen LogP) is 4.74. The van der Waals surface area contributed by atoms with E-state index in [1.165, 1.54) is 19.1 Å². The van der Waals surface area contributed by atoms with Gasteiger partial charge in [-0.15, -0.1) is 0 Å². The third kappa shape index (κ3) is 7.52. The number of nitrogens with zero attached hydrogens (tertiary/aromatic N) is 1. The molecule has 0 radical (unpaired) electrons.